The van der Waals surface area contributed by atoms with E-state index in [0.717, 1.165) is 0 Å². The van der Waals surface area contributed by atoms with E-state index >= 15 is 0 Å². The van der Waals surface area contributed by atoms with Crippen LogP contribution in [0.5, 0.6) is 0 Å². The van der Waals surface area contributed by atoms with E-state index < -0.39 is 0 Å². The molecule has 0 saturated carbocycles. The van der Waals surface area contributed by atoms with Gasteiger partial charge in [0.2, 0.25) is 0 Å². The van der Waals surface area contributed by atoms with Crippen LogP contribution in [0.3, 0.4) is 0 Å². The zero-order valence-electron chi connectivity index (χ0n) is 9.23. The molecule has 15 heavy (non-hydrogen) atoms. The van der Waals surface area contributed by atoms with E-state index in [9.17, 15) is 5.11 Å². The Kier molecular flexibility index (Phi) is 3.28. The maximum absolute atomic E-state index is 9.22. The van der Waals surface area contributed by atoms with Crippen LogP contribution >= 0.6 is 0 Å². The van der Waals surface area contributed by atoms with Crippen molar-refractivity contribution in [3.05, 3.63) is 23.9 Å². The summed E-state index contributed by atoms with van der Waals surface area (Å²) in [5.41, 5.74) is 0.182. The third-order valence-corrected chi connectivity index (χ3v) is 2.51. The Bertz CT molecular complexity index is 382. The second-order valence-electron chi connectivity index (χ2n) is 4.04. The highest BCUT2D eigenvalue weighted by Crippen LogP contribution is 2.19. The number of likely N-dealkylation sites (N-methyl/N-ethyl adjacent to an activating group) is 1. The highest BCUT2D eigenvalue weighted by atomic mass is 16.3. The van der Waals surface area contributed by atoms with Crippen molar-refractivity contribution < 1.29 is 5.11 Å². The molecular weight excluding hydrogens is 190 g/mol. The van der Waals surface area contributed by atoms with Crippen molar-refractivity contribution >= 4 is 5.82 Å². The van der Waals surface area contributed by atoms with Gasteiger partial charge in [0.15, 0.2) is 0 Å². The van der Waals surface area contributed by atoms with Crippen molar-refractivity contribution in [3.8, 4) is 6.07 Å². The number of aliphatic hydroxyl groups is 1. The first-order valence-electron chi connectivity index (χ1n) is 4.72. The number of hydrogen-bond acceptors (Lipinski definition) is 4. The molecule has 0 atom stereocenters. The van der Waals surface area contributed by atoms with Gasteiger partial charge in [-0.1, -0.05) is 0 Å². The predicted molar refractivity (Wildman–Crippen MR) is 58.5 cm³/mol. The van der Waals surface area contributed by atoms with Crippen molar-refractivity contribution in [3.63, 3.8) is 0 Å². The third kappa shape index (κ3) is 2.45. The Hall–Kier alpha value is -1.60. The number of rotatable bonds is 3. The standard InChI is InChI=1S/C11H15N3O/c1-11(2,8-15)14(3)10-6-9(7-12)4-5-13-10/h4-6,15H,8H2,1-3H3. The van der Waals surface area contributed by atoms with Crippen LogP contribution < -0.4 is 4.90 Å². The van der Waals surface area contributed by atoms with Crippen LogP contribution in [-0.2, 0) is 0 Å². The van der Waals surface area contributed by atoms with Gasteiger partial charge in [-0.15, -0.1) is 0 Å². The lowest BCUT2D eigenvalue weighted by molar-refractivity contribution is 0.215. The summed E-state index contributed by atoms with van der Waals surface area (Å²) in [6.45, 7) is 3.85. The Morgan fingerprint density at radius 3 is 2.80 bits per heavy atom. The van der Waals surface area contributed by atoms with E-state index in [1.54, 1.807) is 18.3 Å². The number of aromatic nitrogens is 1. The molecule has 0 amide bonds. The van der Waals surface area contributed by atoms with Gasteiger partial charge in [-0.3, -0.25) is 0 Å². The van der Waals surface area contributed by atoms with Crippen molar-refractivity contribution in [2.45, 2.75) is 19.4 Å². The van der Waals surface area contributed by atoms with Crippen molar-refractivity contribution in [2.24, 2.45) is 0 Å². The fourth-order valence-corrected chi connectivity index (χ4v) is 1.09. The molecular formula is C11H15N3O. The zero-order chi connectivity index (χ0) is 11.5. The van der Waals surface area contributed by atoms with Crippen molar-refractivity contribution in [2.75, 3.05) is 18.6 Å². The summed E-state index contributed by atoms with van der Waals surface area (Å²) in [7, 11) is 1.85. The summed E-state index contributed by atoms with van der Waals surface area (Å²) in [6, 6.07) is 5.42. The number of anilines is 1. The van der Waals surface area contributed by atoms with Gasteiger partial charge >= 0.3 is 0 Å². The van der Waals surface area contributed by atoms with Gasteiger partial charge in [0.05, 0.1) is 23.8 Å². The normalized spacial score (nSPS) is 10.9. The molecule has 1 N–H and O–H groups in total. The minimum Gasteiger partial charge on any atom is -0.394 e. The molecule has 0 aliphatic heterocycles. The molecule has 4 heteroatoms. The molecule has 80 valence electrons. The van der Waals surface area contributed by atoms with Crippen molar-refractivity contribution in [1.82, 2.24) is 4.98 Å². The Balaban J connectivity index is 3.02. The van der Waals surface area contributed by atoms with Crippen LogP contribution in [0, 0.1) is 11.3 Å². The molecule has 1 aromatic heterocycles. The Morgan fingerprint density at radius 1 is 1.60 bits per heavy atom. The van der Waals surface area contributed by atoms with E-state index in [4.69, 9.17) is 5.26 Å². The van der Waals surface area contributed by atoms with Crippen LogP contribution in [0.2, 0.25) is 0 Å². The highest BCUT2D eigenvalue weighted by molar-refractivity contribution is 5.46. The molecule has 1 rings (SSSR count). The van der Waals surface area contributed by atoms with Gasteiger partial charge < -0.3 is 10.0 Å². The average Bonchev–Trinajstić information content (AvgIpc) is 2.28. The molecule has 0 unspecified atom stereocenters. The third-order valence-electron chi connectivity index (χ3n) is 2.51. The lowest BCUT2D eigenvalue weighted by Crippen LogP contribution is -2.44. The van der Waals surface area contributed by atoms with Gasteiger partial charge in [0.1, 0.15) is 5.82 Å². The molecule has 0 fully saturated rings. The van der Waals surface area contributed by atoms with Crippen LogP contribution in [0.15, 0.2) is 18.3 Å². The number of nitriles is 1. The SMILES string of the molecule is CN(c1cc(C#N)ccn1)C(C)(C)CO. The van der Waals surface area contributed by atoms with Crippen LogP contribution in [-0.4, -0.2) is 29.3 Å². The van der Waals surface area contributed by atoms with E-state index in [2.05, 4.69) is 11.1 Å². The lowest BCUT2D eigenvalue weighted by atomic mass is 10.1. The molecule has 0 aliphatic rings. The second-order valence-corrected chi connectivity index (χ2v) is 4.04. The molecule has 1 aromatic rings. The second kappa shape index (κ2) is 4.28. The molecule has 1 heterocycles. The van der Waals surface area contributed by atoms with Crippen LogP contribution in [0.25, 0.3) is 0 Å². The summed E-state index contributed by atoms with van der Waals surface area (Å²) in [5, 5.41) is 18.0. The maximum Gasteiger partial charge on any atom is 0.130 e. The van der Waals surface area contributed by atoms with Crippen LogP contribution in [0.1, 0.15) is 19.4 Å². The topological polar surface area (TPSA) is 60.2 Å². The first-order chi connectivity index (χ1) is 7.01. The number of aliphatic hydroxyl groups excluding tert-OH is 1. The molecule has 0 saturated heterocycles. The maximum atomic E-state index is 9.22. The van der Waals surface area contributed by atoms with Crippen molar-refractivity contribution in [1.29, 1.82) is 5.26 Å². The molecule has 4 nitrogen and oxygen atoms in total. The van der Waals surface area contributed by atoms with Gasteiger partial charge in [-0.05, 0) is 26.0 Å². The summed E-state index contributed by atoms with van der Waals surface area (Å²) >= 11 is 0. The molecule has 0 aliphatic carbocycles. The average molecular weight is 205 g/mol. The van der Waals surface area contributed by atoms with E-state index in [0.29, 0.717) is 11.4 Å². The van der Waals surface area contributed by atoms with E-state index in [-0.39, 0.29) is 12.1 Å². The summed E-state index contributed by atoms with van der Waals surface area (Å²) in [4.78, 5) is 6.02. The van der Waals surface area contributed by atoms with Crippen LogP contribution in [0.4, 0.5) is 5.82 Å². The first kappa shape index (κ1) is 11.5. The fraction of sp³-hybridized carbons (Fsp3) is 0.455. The molecule has 0 spiro atoms. The molecule has 0 radical (unpaired) electrons. The minimum atomic E-state index is -0.388. The van der Waals surface area contributed by atoms with E-state index in [1.165, 1.54) is 0 Å². The largest absolute Gasteiger partial charge is 0.394 e. The lowest BCUT2D eigenvalue weighted by Gasteiger charge is -2.34. The summed E-state index contributed by atoms with van der Waals surface area (Å²) < 4.78 is 0. The fourth-order valence-electron chi connectivity index (χ4n) is 1.09. The predicted octanol–water partition coefficient (Wildman–Crippen LogP) is 1.16. The highest BCUT2D eigenvalue weighted by Gasteiger charge is 2.23. The quantitative estimate of drug-likeness (QED) is 0.804. The van der Waals surface area contributed by atoms with E-state index in [1.807, 2.05) is 25.8 Å². The number of nitrogens with zero attached hydrogens (tertiary/aromatic N) is 3. The zero-order valence-corrected chi connectivity index (χ0v) is 9.23. The molecule has 0 bridgehead atoms. The van der Waals surface area contributed by atoms with Gasteiger partial charge in [0, 0.05) is 13.2 Å². The first-order valence-corrected chi connectivity index (χ1v) is 4.72. The Labute approximate surface area is 89.8 Å². The molecule has 0 aromatic carbocycles. The number of pyridine rings is 1. The Morgan fingerprint density at radius 2 is 2.27 bits per heavy atom. The minimum absolute atomic E-state index is 0.0297. The van der Waals surface area contributed by atoms with Gasteiger partial charge in [-0.2, -0.15) is 5.26 Å². The smallest absolute Gasteiger partial charge is 0.130 e. The number of hydrogen-bond donors (Lipinski definition) is 1. The van der Waals surface area contributed by atoms with Gasteiger partial charge in [0.25, 0.3) is 0 Å². The van der Waals surface area contributed by atoms with Gasteiger partial charge in [-0.25, -0.2) is 4.98 Å². The summed E-state index contributed by atoms with van der Waals surface area (Å²) in [6.07, 6.45) is 1.60. The summed E-state index contributed by atoms with van der Waals surface area (Å²) in [5.74, 6) is 0.688. The monoisotopic (exact) mass is 205 g/mol.